The second kappa shape index (κ2) is 7.13. The van der Waals surface area contributed by atoms with Crippen molar-refractivity contribution < 1.29 is 14.3 Å². The number of carbonyl (C=O) groups is 2. The minimum Gasteiger partial charge on any atom is -0.444 e. The van der Waals surface area contributed by atoms with Crippen LogP contribution in [0.25, 0.3) is 0 Å². The number of hydrogen-bond donors (Lipinski definition) is 1. The van der Waals surface area contributed by atoms with Crippen molar-refractivity contribution in [3.8, 4) is 0 Å². The third kappa shape index (κ3) is 5.02. The predicted octanol–water partition coefficient (Wildman–Crippen LogP) is 3.13. The smallest absolute Gasteiger partial charge is 0.410 e. The number of amides is 2. The van der Waals surface area contributed by atoms with Crippen LogP contribution in [0.1, 0.15) is 43.3 Å². The Kier molecular flexibility index (Phi) is 5.45. The zero-order valence-corrected chi connectivity index (χ0v) is 14.2. The summed E-state index contributed by atoms with van der Waals surface area (Å²) in [6, 6.07) is 3.68. The molecule has 1 aliphatic rings. The lowest BCUT2D eigenvalue weighted by atomic mass is 9.98. The summed E-state index contributed by atoms with van der Waals surface area (Å²) in [6.07, 6.45) is 1.70. The first kappa shape index (κ1) is 16.8. The van der Waals surface area contributed by atoms with Gasteiger partial charge in [0.1, 0.15) is 5.60 Å². The average molecular weight is 324 g/mol. The predicted molar refractivity (Wildman–Crippen MR) is 87.2 cm³/mol. The van der Waals surface area contributed by atoms with Crippen molar-refractivity contribution in [1.29, 1.82) is 0 Å². The van der Waals surface area contributed by atoms with Gasteiger partial charge in [0.05, 0.1) is 4.88 Å². The zero-order valence-electron chi connectivity index (χ0n) is 13.4. The van der Waals surface area contributed by atoms with E-state index in [1.807, 2.05) is 38.3 Å². The van der Waals surface area contributed by atoms with Crippen LogP contribution in [0.5, 0.6) is 0 Å². The highest BCUT2D eigenvalue weighted by atomic mass is 32.1. The van der Waals surface area contributed by atoms with Crippen molar-refractivity contribution in [3.05, 3.63) is 22.4 Å². The number of nitrogens with zero attached hydrogens (tertiary/aromatic N) is 1. The number of ether oxygens (including phenoxy) is 1. The molecule has 0 radical (unpaired) electrons. The Balaban J connectivity index is 1.80. The van der Waals surface area contributed by atoms with Gasteiger partial charge in [-0.3, -0.25) is 4.79 Å². The molecule has 1 aromatic heterocycles. The summed E-state index contributed by atoms with van der Waals surface area (Å²) >= 11 is 1.43. The Labute approximate surface area is 135 Å². The lowest BCUT2D eigenvalue weighted by Gasteiger charge is -2.34. The van der Waals surface area contributed by atoms with Gasteiger partial charge in [0, 0.05) is 19.6 Å². The van der Waals surface area contributed by atoms with E-state index in [1.165, 1.54) is 11.3 Å². The van der Waals surface area contributed by atoms with E-state index >= 15 is 0 Å². The molecule has 122 valence electrons. The molecule has 6 heteroatoms. The summed E-state index contributed by atoms with van der Waals surface area (Å²) in [7, 11) is 0. The minimum atomic E-state index is -0.475. The lowest BCUT2D eigenvalue weighted by Crippen LogP contribution is -2.45. The van der Waals surface area contributed by atoms with Crippen LogP contribution in [0, 0.1) is 5.92 Å². The number of carbonyl (C=O) groups excluding carboxylic acids is 2. The van der Waals surface area contributed by atoms with Crippen LogP contribution >= 0.6 is 11.3 Å². The highest BCUT2D eigenvalue weighted by Crippen LogP contribution is 2.19. The molecule has 0 spiro atoms. The van der Waals surface area contributed by atoms with Crippen molar-refractivity contribution in [1.82, 2.24) is 10.2 Å². The van der Waals surface area contributed by atoms with Gasteiger partial charge in [0.15, 0.2) is 0 Å². The van der Waals surface area contributed by atoms with Crippen LogP contribution < -0.4 is 5.32 Å². The van der Waals surface area contributed by atoms with Crippen LogP contribution in [0.4, 0.5) is 4.79 Å². The molecule has 0 aliphatic carbocycles. The Morgan fingerprint density at radius 1 is 1.45 bits per heavy atom. The highest BCUT2D eigenvalue weighted by molar-refractivity contribution is 7.12. The summed E-state index contributed by atoms with van der Waals surface area (Å²) in [6.45, 7) is 7.56. The quantitative estimate of drug-likeness (QED) is 0.929. The molecule has 1 aliphatic heterocycles. The molecule has 2 rings (SSSR count). The second-order valence-corrected chi connectivity index (χ2v) is 7.57. The standard InChI is InChI=1S/C16H24N2O3S/c1-16(2,3)21-15(20)18-8-4-6-12(11-18)10-17-14(19)13-7-5-9-22-13/h5,7,9,12H,4,6,8,10-11H2,1-3H3,(H,17,19). The fraction of sp³-hybridized carbons (Fsp3) is 0.625. The van der Waals surface area contributed by atoms with Gasteiger partial charge in [-0.05, 0) is 51.0 Å². The van der Waals surface area contributed by atoms with E-state index in [2.05, 4.69) is 5.32 Å². The summed E-state index contributed by atoms with van der Waals surface area (Å²) in [5.74, 6) is 0.245. The van der Waals surface area contributed by atoms with Crippen LogP contribution in [0.15, 0.2) is 17.5 Å². The largest absolute Gasteiger partial charge is 0.444 e. The molecule has 1 unspecified atom stereocenters. The maximum atomic E-state index is 12.1. The van der Waals surface area contributed by atoms with Gasteiger partial charge in [-0.15, -0.1) is 11.3 Å². The Morgan fingerprint density at radius 3 is 2.86 bits per heavy atom. The SMILES string of the molecule is CC(C)(C)OC(=O)N1CCCC(CNC(=O)c2cccs2)C1. The van der Waals surface area contributed by atoms with E-state index in [0.29, 0.717) is 13.1 Å². The van der Waals surface area contributed by atoms with Crippen LogP contribution in [-0.4, -0.2) is 42.1 Å². The van der Waals surface area contributed by atoms with Crippen molar-refractivity contribution in [2.45, 2.75) is 39.2 Å². The Morgan fingerprint density at radius 2 is 2.23 bits per heavy atom. The summed E-state index contributed by atoms with van der Waals surface area (Å²) in [5.41, 5.74) is -0.475. The molecule has 5 nitrogen and oxygen atoms in total. The summed E-state index contributed by atoms with van der Waals surface area (Å²) < 4.78 is 5.41. The number of likely N-dealkylation sites (tertiary alicyclic amines) is 1. The molecule has 22 heavy (non-hydrogen) atoms. The molecular weight excluding hydrogens is 300 g/mol. The van der Waals surface area contributed by atoms with Crippen LogP contribution in [-0.2, 0) is 4.74 Å². The number of thiophene rings is 1. The van der Waals surface area contributed by atoms with Gasteiger partial charge in [-0.1, -0.05) is 6.07 Å². The Hall–Kier alpha value is -1.56. The first-order chi connectivity index (χ1) is 10.3. The molecule has 0 saturated carbocycles. The van der Waals surface area contributed by atoms with Gasteiger partial charge in [0.2, 0.25) is 0 Å². The van der Waals surface area contributed by atoms with E-state index in [9.17, 15) is 9.59 Å². The van der Waals surface area contributed by atoms with Gasteiger partial charge in [0.25, 0.3) is 5.91 Å². The molecule has 0 bridgehead atoms. The first-order valence-corrected chi connectivity index (χ1v) is 8.53. The molecule has 1 N–H and O–H groups in total. The third-order valence-electron chi connectivity index (χ3n) is 3.47. The van der Waals surface area contributed by atoms with E-state index in [1.54, 1.807) is 4.90 Å². The number of nitrogens with one attached hydrogen (secondary N) is 1. The van der Waals surface area contributed by atoms with E-state index in [4.69, 9.17) is 4.74 Å². The fourth-order valence-corrected chi connectivity index (χ4v) is 3.10. The van der Waals surface area contributed by atoms with Crippen molar-refractivity contribution >= 4 is 23.3 Å². The van der Waals surface area contributed by atoms with E-state index in [0.717, 1.165) is 24.3 Å². The Bertz CT molecular complexity index is 508. The number of rotatable bonds is 3. The second-order valence-electron chi connectivity index (χ2n) is 6.62. The number of piperidine rings is 1. The van der Waals surface area contributed by atoms with Crippen molar-refractivity contribution in [2.24, 2.45) is 5.92 Å². The van der Waals surface area contributed by atoms with E-state index in [-0.39, 0.29) is 17.9 Å². The number of hydrogen-bond acceptors (Lipinski definition) is 4. The first-order valence-electron chi connectivity index (χ1n) is 7.65. The fourth-order valence-electron chi connectivity index (χ4n) is 2.46. The van der Waals surface area contributed by atoms with E-state index < -0.39 is 5.60 Å². The van der Waals surface area contributed by atoms with Crippen molar-refractivity contribution in [3.63, 3.8) is 0 Å². The third-order valence-corrected chi connectivity index (χ3v) is 4.34. The molecule has 2 heterocycles. The lowest BCUT2D eigenvalue weighted by molar-refractivity contribution is 0.0167. The maximum Gasteiger partial charge on any atom is 0.410 e. The van der Waals surface area contributed by atoms with Gasteiger partial charge in [-0.2, -0.15) is 0 Å². The van der Waals surface area contributed by atoms with Gasteiger partial charge >= 0.3 is 6.09 Å². The normalized spacial score (nSPS) is 18.9. The molecular formula is C16H24N2O3S. The summed E-state index contributed by atoms with van der Waals surface area (Å²) in [5, 5.41) is 4.84. The molecule has 1 aromatic rings. The topological polar surface area (TPSA) is 58.6 Å². The zero-order chi connectivity index (χ0) is 16.2. The maximum absolute atomic E-state index is 12.1. The minimum absolute atomic E-state index is 0.0376. The van der Waals surface area contributed by atoms with Crippen LogP contribution in [0.3, 0.4) is 0 Å². The van der Waals surface area contributed by atoms with Crippen molar-refractivity contribution in [2.75, 3.05) is 19.6 Å². The van der Waals surface area contributed by atoms with Gasteiger partial charge < -0.3 is 15.0 Å². The molecule has 2 amide bonds. The molecule has 1 fully saturated rings. The molecule has 1 atom stereocenters. The molecule has 0 aromatic carbocycles. The summed E-state index contributed by atoms with van der Waals surface area (Å²) in [4.78, 5) is 26.5. The monoisotopic (exact) mass is 324 g/mol. The van der Waals surface area contributed by atoms with Crippen LogP contribution in [0.2, 0.25) is 0 Å². The van der Waals surface area contributed by atoms with Gasteiger partial charge in [-0.25, -0.2) is 4.79 Å². The highest BCUT2D eigenvalue weighted by Gasteiger charge is 2.27. The molecule has 1 saturated heterocycles. The average Bonchev–Trinajstić information content (AvgIpc) is 2.97.